The lowest BCUT2D eigenvalue weighted by atomic mass is 9.93. The van der Waals surface area contributed by atoms with Gasteiger partial charge in [-0.2, -0.15) is 0 Å². The van der Waals surface area contributed by atoms with Gasteiger partial charge in [-0.3, -0.25) is 14.4 Å². The van der Waals surface area contributed by atoms with Crippen LogP contribution in [0.3, 0.4) is 0 Å². The van der Waals surface area contributed by atoms with Gasteiger partial charge in [0.05, 0.1) is 12.1 Å². The maximum absolute atomic E-state index is 13.5. The van der Waals surface area contributed by atoms with Crippen LogP contribution in [0.25, 0.3) is 0 Å². The molecular weight excluding hydrogens is 522 g/mol. The lowest BCUT2D eigenvalue weighted by molar-refractivity contribution is -0.128. The molecule has 3 aromatic rings. The van der Waals surface area contributed by atoms with Gasteiger partial charge in [-0.05, 0) is 56.5 Å². The molecule has 3 rings (SSSR count). The van der Waals surface area contributed by atoms with Gasteiger partial charge in [0.1, 0.15) is 6.04 Å². The Hall–Kier alpha value is -3.62. The van der Waals surface area contributed by atoms with Crippen LogP contribution < -0.4 is 16.0 Å². The maximum Gasteiger partial charge on any atom is 0.251 e. The summed E-state index contributed by atoms with van der Waals surface area (Å²) in [5.74, 6) is -0.577. The van der Waals surface area contributed by atoms with Crippen molar-refractivity contribution in [2.24, 2.45) is 0 Å². The van der Waals surface area contributed by atoms with Gasteiger partial charge in [0.15, 0.2) is 0 Å². The molecule has 212 valence electrons. The lowest BCUT2D eigenvalue weighted by Crippen LogP contribution is -2.54. The molecule has 3 aromatic carbocycles. The van der Waals surface area contributed by atoms with Gasteiger partial charge in [-0.15, -0.1) is 11.8 Å². The number of thioether (sulfide) groups is 1. The fourth-order valence-corrected chi connectivity index (χ4v) is 5.20. The Morgan fingerprint density at radius 3 is 2.05 bits per heavy atom. The Morgan fingerprint density at radius 1 is 0.825 bits per heavy atom. The van der Waals surface area contributed by atoms with Crippen molar-refractivity contribution >= 4 is 29.5 Å². The normalized spacial score (nSPS) is 13.5. The molecule has 0 aromatic heterocycles. The van der Waals surface area contributed by atoms with Crippen molar-refractivity contribution in [2.75, 3.05) is 5.75 Å². The zero-order valence-corrected chi connectivity index (χ0v) is 24.3. The van der Waals surface area contributed by atoms with Gasteiger partial charge in [-0.1, -0.05) is 66.7 Å². The highest BCUT2D eigenvalue weighted by atomic mass is 32.2. The maximum atomic E-state index is 13.5. The zero-order chi connectivity index (χ0) is 29.1. The van der Waals surface area contributed by atoms with Gasteiger partial charge in [0.25, 0.3) is 5.91 Å². The minimum atomic E-state index is -0.993. The van der Waals surface area contributed by atoms with Crippen LogP contribution in [0.2, 0.25) is 0 Å². The summed E-state index contributed by atoms with van der Waals surface area (Å²) in [7, 11) is 0. The first kappa shape index (κ1) is 30.9. The Morgan fingerprint density at radius 2 is 1.43 bits per heavy atom. The fourth-order valence-electron chi connectivity index (χ4n) is 4.25. The third-order valence-electron chi connectivity index (χ3n) is 6.12. The number of nitrogens with one attached hydrogen (secondary N) is 3. The number of hydrogen-bond acceptors (Lipinski definition) is 5. The second-order valence-electron chi connectivity index (χ2n) is 10.8. The van der Waals surface area contributed by atoms with E-state index in [1.165, 1.54) is 18.7 Å². The third kappa shape index (κ3) is 10.2. The predicted molar refractivity (Wildman–Crippen MR) is 160 cm³/mol. The summed E-state index contributed by atoms with van der Waals surface area (Å²) in [4.78, 5) is 39.4. The van der Waals surface area contributed by atoms with E-state index in [0.29, 0.717) is 23.3 Å². The molecule has 0 aliphatic heterocycles. The quantitative estimate of drug-likeness (QED) is 0.249. The molecule has 0 saturated carbocycles. The number of aliphatic hydroxyl groups is 1. The molecule has 0 aliphatic rings. The van der Waals surface area contributed by atoms with E-state index in [1.54, 1.807) is 12.1 Å². The van der Waals surface area contributed by atoms with E-state index in [4.69, 9.17) is 0 Å². The number of hydrogen-bond donors (Lipinski definition) is 4. The van der Waals surface area contributed by atoms with E-state index >= 15 is 0 Å². The van der Waals surface area contributed by atoms with E-state index in [0.717, 1.165) is 10.5 Å². The van der Waals surface area contributed by atoms with Gasteiger partial charge < -0.3 is 21.1 Å². The van der Waals surface area contributed by atoms with Crippen molar-refractivity contribution in [2.45, 2.75) is 69.2 Å². The second kappa shape index (κ2) is 14.7. The molecule has 3 atom stereocenters. The molecular formula is C32H39N3O4S. The Labute approximate surface area is 241 Å². The summed E-state index contributed by atoms with van der Waals surface area (Å²) in [6.45, 7) is 7.11. The largest absolute Gasteiger partial charge is 0.391 e. The summed E-state index contributed by atoms with van der Waals surface area (Å²) in [5, 5.41) is 20.2. The summed E-state index contributed by atoms with van der Waals surface area (Å²) < 4.78 is 0. The van der Waals surface area contributed by atoms with Crippen LogP contribution in [0.4, 0.5) is 0 Å². The lowest BCUT2D eigenvalue weighted by Gasteiger charge is -2.28. The van der Waals surface area contributed by atoms with Crippen molar-refractivity contribution in [3.63, 3.8) is 0 Å². The van der Waals surface area contributed by atoms with Crippen LogP contribution in [-0.2, 0) is 22.4 Å². The Bertz CT molecular complexity index is 1260. The van der Waals surface area contributed by atoms with Crippen LogP contribution in [-0.4, -0.2) is 52.3 Å². The third-order valence-corrected chi connectivity index (χ3v) is 7.23. The van der Waals surface area contributed by atoms with E-state index in [2.05, 4.69) is 16.0 Å². The monoisotopic (exact) mass is 561 g/mol. The number of carbonyl (C=O) groups is 3. The van der Waals surface area contributed by atoms with Crippen LogP contribution in [0.1, 0.15) is 49.2 Å². The number of benzene rings is 3. The highest BCUT2D eigenvalue weighted by Crippen LogP contribution is 2.19. The van der Waals surface area contributed by atoms with E-state index in [-0.39, 0.29) is 24.1 Å². The van der Waals surface area contributed by atoms with Crippen molar-refractivity contribution in [1.29, 1.82) is 0 Å². The Balaban J connectivity index is 1.81. The van der Waals surface area contributed by atoms with Crippen LogP contribution in [0.5, 0.6) is 0 Å². The Kier molecular flexibility index (Phi) is 11.3. The van der Waals surface area contributed by atoms with Gasteiger partial charge in [0, 0.05) is 35.1 Å². The molecule has 3 amide bonds. The molecule has 40 heavy (non-hydrogen) atoms. The summed E-state index contributed by atoms with van der Waals surface area (Å²) in [5.41, 5.74) is 1.70. The molecule has 0 fully saturated rings. The molecule has 7 nitrogen and oxygen atoms in total. The average Bonchev–Trinajstić information content (AvgIpc) is 2.91. The van der Waals surface area contributed by atoms with Crippen molar-refractivity contribution in [3.8, 4) is 0 Å². The van der Waals surface area contributed by atoms with E-state index < -0.39 is 23.7 Å². The second-order valence-corrected chi connectivity index (χ2v) is 11.9. The predicted octanol–water partition coefficient (Wildman–Crippen LogP) is 4.14. The molecule has 0 saturated heterocycles. The molecule has 0 aliphatic carbocycles. The average molecular weight is 562 g/mol. The minimum Gasteiger partial charge on any atom is -0.391 e. The number of rotatable bonds is 12. The van der Waals surface area contributed by atoms with Crippen molar-refractivity contribution in [3.05, 3.63) is 102 Å². The standard InChI is InChI=1S/C32H39N3O4S/c1-22(36)33-28(21-40-25-16-9-6-10-17-25)31(39)34-27(19-23-13-7-5-8-14-23)29(37)20-24-15-11-12-18-26(24)30(38)35-32(2,3)4/h5-18,27-29,37H,19-21H2,1-4H3,(H,33,36)(H,34,39)(H,35,38)/t27-,28-,29+/m0/s1. The van der Waals surface area contributed by atoms with Gasteiger partial charge in [0.2, 0.25) is 11.8 Å². The van der Waals surface area contributed by atoms with Gasteiger partial charge >= 0.3 is 0 Å². The first-order chi connectivity index (χ1) is 19.0. The molecule has 0 unspecified atom stereocenters. The van der Waals surface area contributed by atoms with Gasteiger partial charge in [-0.25, -0.2) is 0 Å². The minimum absolute atomic E-state index is 0.162. The zero-order valence-electron chi connectivity index (χ0n) is 23.5. The molecule has 4 N–H and O–H groups in total. The van der Waals surface area contributed by atoms with E-state index in [1.807, 2.05) is 93.6 Å². The number of carbonyl (C=O) groups excluding carboxylic acids is 3. The molecule has 0 radical (unpaired) electrons. The van der Waals surface area contributed by atoms with Crippen LogP contribution in [0.15, 0.2) is 89.8 Å². The first-order valence-electron chi connectivity index (χ1n) is 13.4. The SMILES string of the molecule is CC(=O)N[C@@H](CSc1ccccc1)C(=O)N[C@@H](Cc1ccccc1)[C@H](O)Cc1ccccc1C(=O)NC(C)(C)C. The fraction of sp³-hybridized carbons (Fsp3) is 0.344. The summed E-state index contributed by atoms with van der Waals surface area (Å²) >= 11 is 1.47. The molecule has 0 spiro atoms. The number of amides is 3. The summed E-state index contributed by atoms with van der Waals surface area (Å²) in [6.07, 6.45) is -0.454. The first-order valence-corrected chi connectivity index (χ1v) is 14.4. The molecule has 0 heterocycles. The highest BCUT2D eigenvalue weighted by molar-refractivity contribution is 7.99. The number of aliphatic hydroxyl groups excluding tert-OH is 1. The molecule has 0 bridgehead atoms. The van der Waals surface area contributed by atoms with Crippen LogP contribution in [0, 0.1) is 0 Å². The van der Waals surface area contributed by atoms with Crippen LogP contribution >= 0.6 is 11.8 Å². The topological polar surface area (TPSA) is 108 Å². The summed E-state index contributed by atoms with van der Waals surface area (Å²) in [6, 6.07) is 25.0. The highest BCUT2D eigenvalue weighted by Gasteiger charge is 2.28. The van der Waals surface area contributed by atoms with Crippen molar-refractivity contribution in [1.82, 2.24) is 16.0 Å². The smallest absolute Gasteiger partial charge is 0.251 e. The van der Waals surface area contributed by atoms with E-state index in [9.17, 15) is 19.5 Å². The molecule has 8 heteroatoms. The van der Waals surface area contributed by atoms with Crippen molar-refractivity contribution < 1.29 is 19.5 Å².